The van der Waals surface area contributed by atoms with Crippen LogP contribution in [0.4, 0.5) is 0 Å². The van der Waals surface area contributed by atoms with E-state index in [0.29, 0.717) is 19.6 Å². The molecule has 1 amide bonds. The van der Waals surface area contributed by atoms with E-state index in [-0.39, 0.29) is 5.91 Å². The fraction of sp³-hybridized carbons (Fsp3) is 0.174. The van der Waals surface area contributed by atoms with E-state index in [1.807, 2.05) is 61.5 Å². The molecule has 26 heavy (non-hydrogen) atoms. The Balaban J connectivity index is 1.42. The van der Waals surface area contributed by atoms with Crippen LogP contribution >= 0.6 is 0 Å². The van der Waals surface area contributed by atoms with Gasteiger partial charge >= 0.3 is 0 Å². The molecule has 0 aromatic heterocycles. The summed E-state index contributed by atoms with van der Waals surface area (Å²) in [5, 5.41) is 2.90. The summed E-state index contributed by atoms with van der Waals surface area (Å²) < 4.78 is 5.61. The highest BCUT2D eigenvalue weighted by Gasteiger charge is 2.04. The highest BCUT2D eigenvalue weighted by Crippen LogP contribution is 2.19. The van der Waals surface area contributed by atoms with Crippen molar-refractivity contribution < 1.29 is 9.53 Å². The van der Waals surface area contributed by atoms with Crippen molar-refractivity contribution in [2.75, 3.05) is 13.2 Å². The van der Waals surface area contributed by atoms with Crippen LogP contribution in [-0.4, -0.2) is 19.1 Å². The summed E-state index contributed by atoms with van der Waals surface area (Å²) in [5.41, 5.74) is 4.53. The zero-order chi connectivity index (χ0) is 18.2. The van der Waals surface area contributed by atoms with Gasteiger partial charge in [-0.25, -0.2) is 0 Å². The maximum atomic E-state index is 12.1. The Morgan fingerprint density at radius 3 is 2.19 bits per heavy atom. The second kappa shape index (κ2) is 8.86. The summed E-state index contributed by atoms with van der Waals surface area (Å²) >= 11 is 0. The summed E-state index contributed by atoms with van der Waals surface area (Å²) in [7, 11) is 0. The predicted octanol–water partition coefficient (Wildman–Crippen LogP) is 4.40. The van der Waals surface area contributed by atoms with Gasteiger partial charge < -0.3 is 10.1 Å². The van der Waals surface area contributed by atoms with Gasteiger partial charge in [-0.3, -0.25) is 4.79 Å². The molecule has 0 unspecified atom stereocenters. The van der Waals surface area contributed by atoms with Crippen molar-refractivity contribution in [2.45, 2.75) is 13.3 Å². The highest BCUT2D eigenvalue weighted by atomic mass is 16.5. The van der Waals surface area contributed by atoms with Crippen LogP contribution in [-0.2, 0) is 11.2 Å². The molecule has 1 N–H and O–H groups in total. The minimum Gasteiger partial charge on any atom is -0.492 e. The number of ether oxygens (including phenoxy) is 1. The molecule has 3 heteroatoms. The number of aryl methyl sites for hydroxylation is 1. The van der Waals surface area contributed by atoms with Crippen molar-refractivity contribution in [3.8, 4) is 16.9 Å². The number of hydrogen-bond acceptors (Lipinski definition) is 2. The lowest BCUT2D eigenvalue weighted by atomic mass is 10.0. The van der Waals surface area contributed by atoms with Crippen LogP contribution in [0.3, 0.4) is 0 Å². The molecule has 0 atom stereocenters. The van der Waals surface area contributed by atoms with Crippen LogP contribution in [0.1, 0.15) is 11.1 Å². The Labute approximate surface area is 154 Å². The molecule has 0 saturated carbocycles. The van der Waals surface area contributed by atoms with Crippen LogP contribution in [0, 0.1) is 6.92 Å². The number of carbonyl (C=O) groups excluding carboxylic acids is 1. The van der Waals surface area contributed by atoms with Crippen LogP contribution in [0.15, 0.2) is 78.9 Å². The minimum absolute atomic E-state index is 0.00460. The first-order chi connectivity index (χ1) is 12.7. The van der Waals surface area contributed by atoms with Crippen molar-refractivity contribution in [3.63, 3.8) is 0 Å². The van der Waals surface area contributed by atoms with Gasteiger partial charge in [-0.05, 0) is 35.7 Å². The molecule has 0 aliphatic rings. The molecule has 0 radical (unpaired) electrons. The molecule has 0 aliphatic heterocycles. The molecule has 3 aromatic rings. The third-order valence-electron chi connectivity index (χ3n) is 4.14. The van der Waals surface area contributed by atoms with Gasteiger partial charge in [0.15, 0.2) is 0 Å². The Kier molecular flexibility index (Phi) is 6.05. The minimum atomic E-state index is 0.00460. The van der Waals surface area contributed by atoms with Crippen molar-refractivity contribution in [1.29, 1.82) is 0 Å². The molecule has 0 heterocycles. The predicted molar refractivity (Wildman–Crippen MR) is 105 cm³/mol. The first-order valence-corrected chi connectivity index (χ1v) is 8.81. The van der Waals surface area contributed by atoms with Crippen molar-refractivity contribution >= 4 is 5.91 Å². The Morgan fingerprint density at radius 2 is 1.50 bits per heavy atom. The quantitative estimate of drug-likeness (QED) is 0.645. The first-order valence-electron chi connectivity index (χ1n) is 8.81. The van der Waals surface area contributed by atoms with E-state index >= 15 is 0 Å². The topological polar surface area (TPSA) is 38.3 Å². The van der Waals surface area contributed by atoms with E-state index in [1.54, 1.807) is 0 Å². The van der Waals surface area contributed by atoms with Gasteiger partial charge in [-0.2, -0.15) is 0 Å². The largest absolute Gasteiger partial charge is 0.492 e. The molecule has 3 aromatic carbocycles. The van der Waals surface area contributed by atoms with E-state index in [0.717, 1.165) is 16.9 Å². The van der Waals surface area contributed by atoms with Gasteiger partial charge in [0, 0.05) is 0 Å². The Bertz CT molecular complexity index is 824. The fourth-order valence-electron chi connectivity index (χ4n) is 2.69. The lowest BCUT2D eigenvalue weighted by molar-refractivity contribution is -0.120. The van der Waals surface area contributed by atoms with Gasteiger partial charge in [0.25, 0.3) is 0 Å². The molecular weight excluding hydrogens is 322 g/mol. The monoisotopic (exact) mass is 345 g/mol. The van der Waals surface area contributed by atoms with Gasteiger partial charge in [0.05, 0.1) is 13.0 Å². The maximum Gasteiger partial charge on any atom is 0.224 e. The molecule has 0 saturated heterocycles. The first kappa shape index (κ1) is 17.7. The normalized spacial score (nSPS) is 10.3. The van der Waals surface area contributed by atoms with E-state index in [2.05, 4.69) is 29.6 Å². The second-order valence-electron chi connectivity index (χ2n) is 6.25. The lowest BCUT2D eigenvalue weighted by Crippen LogP contribution is -2.29. The average Bonchev–Trinajstić information content (AvgIpc) is 2.68. The number of hydrogen-bond donors (Lipinski definition) is 1. The molecule has 0 fully saturated rings. The van der Waals surface area contributed by atoms with Crippen molar-refractivity contribution in [2.24, 2.45) is 0 Å². The third-order valence-corrected chi connectivity index (χ3v) is 4.14. The third kappa shape index (κ3) is 5.21. The molecule has 0 aliphatic carbocycles. The Morgan fingerprint density at radius 1 is 0.846 bits per heavy atom. The second-order valence-corrected chi connectivity index (χ2v) is 6.25. The van der Waals surface area contributed by atoms with Crippen LogP contribution < -0.4 is 10.1 Å². The molecule has 3 rings (SSSR count). The maximum absolute atomic E-state index is 12.1. The Hall–Kier alpha value is -3.07. The van der Waals surface area contributed by atoms with Gasteiger partial charge in [0.1, 0.15) is 12.4 Å². The molecule has 0 spiro atoms. The standard InChI is InChI=1S/C23H23NO2/c1-18-7-13-22(14-8-18)26-16-15-24-23(25)17-19-9-11-21(12-10-19)20-5-3-2-4-6-20/h2-14H,15-17H2,1H3,(H,24,25). The van der Waals surface area contributed by atoms with Gasteiger partial charge in [0.2, 0.25) is 5.91 Å². The van der Waals surface area contributed by atoms with Gasteiger partial charge in [-0.15, -0.1) is 0 Å². The molecular formula is C23H23NO2. The van der Waals surface area contributed by atoms with Crippen molar-refractivity contribution in [1.82, 2.24) is 5.32 Å². The summed E-state index contributed by atoms with van der Waals surface area (Å²) in [6.45, 7) is 2.99. The fourth-order valence-corrected chi connectivity index (χ4v) is 2.69. The van der Waals surface area contributed by atoms with Crippen LogP contribution in [0.2, 0.25) is 0 Å². The average molecular weight is 345 g/mol. The summed E-state index contributed by atoms with van der Waals surface area (Å²) in [6, 6.07) is 26.2. The SMILES string of the molecule is Cc1ccc(OCCNC(=O)Cc2ccc(-c3ccccc3)cc2)cc1. The molecule has 132 valence electrons. The highest BCUT2D eigenvalue weighted by molar-refractivity contribution is 5.78. The number of nitrogens with one attached hydrogen (secondary N) is 1. The number of rotatable bonds is 7. The summed E-state index contributed by atoms with van der Waals surface area (Å²) in [5.74, 6) is 0.825. The van der Waals surface area contributed by atoms with Crippen molar-refractivity contribution in [3.05, 3.63) is 90.0 Å². The number of carbonyl (C=O) groups is 1. The van der Waals surface area contributed by atoms with E-state index in [9.17, 15) is 4.79 Å². The van der Waals surface area contributed by atoms with Crippen LogP contribution in [0.25, 0.3) is 11.1 Å². The smallest absolute Gasteiger partial charge is 0.224 e. The van der Waals surface area contributed by atoms with E-state index in [1.165, 1.54) is 11.1 Å². The van der Waals surface area contributed by atoms with E-state index < -0.39 is 0 Å². The van der Waals surface area contributed by atoms with Crippen LogP contribution in [0.5, 0.6) is 5.75 Å². The number of benzene rings is 3. The molecule has 0 bridgehead atoms. The zero-order valence-electron chi connectivity index (χ0n) is 14.9. The number of amides is 1. The lowest BCUT2D eigenvalue weighted by Gasteiger charge is -2.08. The molecule has 3 nitrogen and oxygen atoms in total. The summed E-state index contributed by atoms with van der Waals surface area (Å²) in [4.78, 5) is 12.1. The van der Waals surface area contributed by atoms with E-state index in [4.69, 9.17) is 4.74 Å². The van der Waals surface area contributed by atoms with Gasteiger partial charge in [-0.1, -0.05) is 72.3 Å². The zero-order valence-corrected chi connectivity index (χ0v) is 14.9. The summed E-state index contributed by atoms with van der Waals surface area (Å²) in [6.07, 6.45) is 0.375.